The predicted octanol–water partition coefficient (Wildman–Crippen LogP) is 3.18. The number of H-pyrrole nitrogens is 1. The van der Waals surface area contributed by atoms with Crippen LogP contribution in [0, 0.1) is 11.9 Å². The number of pyridine rings is 1. The van der Waals surface area contributed by atoms with Gasteiger partial charge in [0.2, 0.25) is 5.56 Å². The van der Waals surface area contributed by atoms with E-state index in [1.54, 1.807) is 0 Å². The summed E-state index contributed by atoms with van der Waals surface area (Å²) in [4.78, 5) is 12.1. The molecule has 106 valence electrons. The maximum atomic E-state index is 11.9. The molecule has 0 saturated carbocycles. The summed E-state index contributed by atoms with van der Waals surface area (Å²) in [5.74, 6) is 0.285. The quantitative estimate of drug-likeness (QED) is 0.800. The second kappa shape index (κ2) is 12.3. The molecule has 0 bridgehead atoms. The summed E-state index contributed by atoms with van der Waals surface area (Å²) >= 11 is 0. The second-order valence-electron chi connectivity index (χ2n) is 4.61. The van der Waals surface area contributed by atoms with Gasteiger partial charge in [0.1, 0.15) is 0 Å². The highest BCUT2D eigenvalue weighted by Crippen LogP contribution is 1.93. The highest BCUT2D eigenvalue weighted by molar-refractivity contribution is 4.91. The third-order valence-electron chi connectivity index (χ3n) is 2.13. The van der Waals surface area contributed by atoms with E-state index in [2.05, 4.69) is 39.9 Å². The van der Waals surface area contributed by atoms with Crippen LogP contribution in [-0.2, 0) is 0 Å². The third kappa shape index (κ3) is 17.2. The fourth-order valence-corrected chi connectivity index (χ4v) is 0.421. The Kier molecular flexibility index (Phi) is 13.1. The van der Waals surface area contributed by atoms with Crippen molar-refractivity contribution in [3.8, 4) is 0 Å². The molecule has 0 aliphatic carbocycles. The van der Waals surface area contributed by atoms with Crippen LogP contribution in [0.3, 0.4) is 0 Å². The number of halogens is 1. The van der Waals surface area contributed by atoms with Crippen molar-refractivity contribution < 1.29 is 4.39 Å². The lowest BCUT2D eigenvalue weighted by Gasteiger charge is -1.95. The Morgan fingerprint density at radius 2 is 1.72 bits per heavy atom. The zero-order valence-electron chi connectivity index (χ0n) is 12.4. The van der Waals surface area contributed by atoms with Crippen molar-refractivity contribution in [1.29, 1.82) is 0 Å². The molecule has 0 aromatic carbocycles. The first-order valence-corrected chi connectivity index (χ1v) is 6.35. The van der Waals surface area contributed by atoms with Gasteiger partial charge in [-0.15, -0.1) is 0 Å². The summed E-state index contributed by atoms with van der Waals surface area (Å²) in [5, 5.41) is 3.03. The normalized spacial score (nSPS) is 9.39. The minimum absolute atomic E-state index is 0.412. The third-order valence-corrected chi connectivity index (χ3v) is 2.13. The van der Waals surface area contributed by atoms with Crippen LogP contribution in [-0.4, -0.2) is 18.1 Å². The molecule has 1 rings (SSSR count). The van der Waals surface area contributed by atoms with Gasteiger partial charge in [-0.2, -0.15) is 4.39 Å². The minimum Gasteiger partial charge on any atom is -0.318 e. The molecule has 18 heavy (non-hydrogen) atoms. The molecule has 0 unspecified atom stereocenters. The van der Waals surface area contributed by atoms with Gasteiger partial charge >= 0.3 is 0 Å². The van der Waals surface area contributed by atoms with Gasteiger partial charge in [0.05, 0.1) is 0 Å². The van der Waals surface area contributed by atoms with Gasteiger partial charge in [0.25, 0.3) is 0 Å². The molecule has 2 N–H and O–H groups in total. The first-order valence-electron chi connectivity index (χ1n) is 6.35. The van der Waals surface area contributed by atoms with Crippen molar-refractivity contribution >= 4 is 0 Å². The molecule has 1 heterocycles. The van der Waals surface area contributed by atoms with Crippen molar-refractivity contribution in [2.45, 2.75) is 47.1 Å². The Hall–Kier alpha value is -1.16. The number of aromatic amines is 1. The Morgan fingerprint density at radius 1 is 1.28 bits per heavy atom. The van der Waals surface area contributed by atoms with Gasteiger partial charge in [-0.25, -0.2) is 0 Å². The van der Waals surface area contributed by atoms with E-state index in [-0.39, 0.29) is 0 Å². The number of hydrogen-bond acceptors (Lipinski definition) is 2. The van der Waals surface area contributed by atoms with Crippen LogP contribution in [0.15, 0.2) is 23.0 Å². The molecular weight excluding hydrogens is 231 g/mol. The lowest BCUT2D eigenvalue weighted by molar-refractivity contribution is 0.579. The minimum atomic E-state index is -0.600. The Morgan fingerprint density at radius 3 is 1.89 bits per heavy atom. The van der Waals surface area contributed by atoms with Crippen LogP contribution in [0.4, 0.5) is 4.39 Å². The molecule has 1 aromatic rings. The molecule has 3 nitrogen and oxygen atoms in total. The van der Waals surface area contributed by atoms with Gasteiger partial charge in [0, 0.05) is 12.1 Å². The van der Waals surface area contributed by atoms with Crippen molar-refractivity contribution in [2.24, 2.45) is 5.92 Å². The van der Waals surface area contributed by atoms with Crippen LogP contribution < -0.4 is 10.9 Å². The monoisotopic (exact) mass is 258 g/mol. The van der Waals surface area contributed by atoms with Crippen molar-refractivity contribution in [2.75, 3.05) is 7.05 Å². The SMILES string of the molecule is CCC(C)C.CNC(C)C.O=c1cccc(F)[nH]1. The van der Waals surface area contributed by atoms with E-state index in [0.717, 1.165) is 5.92 Å². The van der Waals surface area contributed by atoms with Gasteiger partial charge < -0.3 is 5.32 Å². The average Bonchev–Trinajstić information content (AvgIpc) is 2.30. The molecule has 0 fully saturated rings. The standard InChI is InChI=1S/C5H4FNO.C5H12.C4H11N/c6-4-2-1-3-5(8)7-4;1-4-5(2)3;1-4(2)5-3/h1-3H,(H,7,8);5H,4H2,1-3H3;4-5H,1-3H3. The van der Waals surface area contributed by atoms with E-state index >= 15 is 0 Å². The number of hydrogen-bond donors (Lipinski definition) is 2. The van der Waals surface area contributed by atoms with E-state index in [1.165, 1.54) is 24.6 Å². The summed E-state index contributed by atoms with van der Waals surface area (Å²) < 4.78 is 11.9. The average molecular weight is 258 g/mol. The van der Waals surface area contributed by atoms with Gasteiger partial charge in [0.15, 0.2) is 5.95 Å². The highest BCUT2D eigenvalue weighted by atomic mass is 19.1. The second-order valence-corrected chi connectivity index (χ2v) is 4.61. The highest BCUT2D eigenvalue weighted by Gasteiger charge is 1.83. The van der Waals surface area contributed by atoms with Crippen molar-refractivity contribution in [3.05, 3.63) is 34.5 Å². The molecule has 0 saturated heterocycles. The molecule has 4 heteroatoms. The van der Waals surface area contributed by atoms with Crippen molar-refractivity contribution in [3.63, 3.8) is 0 Å². The maximum absolute atomic E-state index is 11.9. The van der Waals surface area contributed by atoms with Gasteiger partial charge in [-0.1, -0.05) is 47.1 Å². The van der Waals surface area contributed by atoms with Crippen LogP contribution in [0.2, 0.25) is 0 Å². The summed E-state index contributed by atoms with van der Waals surface area (Å²) in [7, 11) is 1.95. The van der Waals surface area contributed by atoms with Crippen LogP contribution in [0.1, 0.15) is 41.0 Å². The molecule has 0 aliphatic heterocycles. The summed E-state index contributed by atoms with van der Waals surface area (Å²) in [6.45, 7) is 10.9. The van der Waals surface area contributed by atoms with E-state index in [9.17, 15) is 9.18 Å². The number of rotatable bonds is 2. The summed E-state index contributed by atoms with van der Waals surface area (Å²) in [6, 6.07) is 4.42. The summed E-state index contributed by atoms with van der Waals surface area (Å²) in [5.41, 5.74) is -0.412. The van der Waals surface area contributed by atoms with E-state index < -0.39 is 11.5 Å². The largest absolute Gasteiger partial charge is 0.318 e. The number of nitrogens with one attached hydrogen (secondary N) is 2. The lowest BCUT2D eigenvalue weighted by Crippen LogP contribution is -2.15. The van der Waals surface area contributed by atoms with Crippen LogP contribution in [0.25, 0.3) is 0 Å². The molecule has 0 aliphatic rings. The number of aromatic nitrogens is 1. The molecule has 0 atom stereocenters. The molecular formula is C14H27FN2O. The van der Waals surface area contributed by atoms with E-state index in [0.29, 0.717) is 6.04 Å². The van der Waals surface area contributed by atoms with Gasteiger partial charge in [-0.3, -0.25) is 9.78 Å². The van der Waals surface area contributed by atoms with Crippen molar-refractivity contribution in [1.82, 2.24) is 10.3 Å². The Bertz CT molecular complexity index is 327. The Balaban J connectivity index is 0. The maximum Gasteiger partial charge on any atom is 0.250 e. The lowest BCUT2D eigenvalue weighted by atomic mass is 10.2. The van der Waals surface area contributed by atoms with Gasteiger partial charge in [-0.05, 0) is 19.0 Å². The summed E-state index contributed by atoms with van der Waals surface area (Å²) in [6.07, 6.45) is 1.31. The van der Waals surface area contributed by atoms with E-state index in [4.69, 9.17) is 0 Å². The van der Waals surface area contributed by atoms with E-state index in [1.807, 2.05) is 12.0 Å². The fourth-order valence-electron chi connectivity index (χ4n) is 0.421. The zero-order valence-corrected chi connectivity index (χ0v) is 12.4. The molecule has 0 amide bonds. The molecule has 1 aromatic heterocycles. The Labute approximate surface area is 110 Å². The molecule has 0 spiro atoms. The zero-order chi connectivity index (χ0) is 14.6. The van der Waals surface area contributed by atoms with Crippen LogP contribution >= 0.6 is 0 Å². The smallest absolute Gasteiger partial charge is 0.250 e. The fraction of sp³-hybridized carbons (Fsp3) is 0.643. The first kappa shape index (κ1) is 19.2. The van der Waals surface area contributed by atoms with Crippen LogP contribution in [0.5, 0.6) is 0 Å². The predicted molar refractivity (Wildman–Crippen MR) is 76.3 cm³/mol. The molecule has 0 radical (unpaired) electrons. The topological polar surface area (TPSA) is 44.9 Å². The first-order chi connectivity index (χ1) is 8.33.